The maximum Gasteiger partial charge on any atom is 0.425 e. The van der Waals surface area contributed by atoms with Gasteiger partial charge in [-0.1, -0.05) is 0 Å². The highest BCUT2D eigenvalue weighted by Gasteiger charge is 2.39. The van der Waals surface area contributed by atoms with Gasteiger partial charge >= 0.3 is 11.9 Å². The molecule has 2 heterocycles. The number of halogens is 6. The van der Waals surface area contributed by atoms with Gasteiger partial charge in [-0.05, 0) is 31.5 Å². The molecular weight excluding hydrogens is 498 g/mol. The lowest BCUT2D eigenvalue weighted by Gasteiger charge is -2.20. The minimum Gasteiger partial charge on any atom is -0.480 e. The molecule has 8 nitrogen and oxygen atoms in total. The number of amides is 1. The number of benzene rings is 2. The fraction of sp³-hybridized carbons (Fsp3) is 0.318. The molecular formula is C22H18F6N4O4. The van der Waals surface area contributed by atoms with Gasteiger partial charge < -0.3 is 14.8 Å². The summed E-state index contributed by atoms with van der Waals surface area (Å²) < 4.78 is 94.3. The van der Waals surface area contributed by atoms with Gasteiger partial charge in [0, 0.05) is 12.1 Å². The van der Waals surface area contributed by atoms with Crippen LogP contribution in [-0.4, -0.2) is 39.1 Å². The van der Waals surface area contributed by atoms with E-state index in [2.05, 4.69) is 10.4 Å². The lowest BCUT2D eigenvalue weighted by atomic mass is 10.1. The molecule has 1 aliphatic rings. The first kappa shape index (κ1) is 25.3. The number of ether oxygens (including phenoxy) is 2. The molecule has 1 atom stereocenters. The van der Waals surface area contributed by atoms with Crippen molar-refractivity contribution in [2.24, 2.45) is 0 Å². The highest BCUT2D eigenvalue weighted by atomic mass is 19.4. The van der Waals surface area contributed by atoms with Gasteiger partial charge in [0.2, 0.25) is 0 Å². The molecule has 1 amide bonds. The summed E-state index contributed by atoms with van der Waals surface area (Å²) in [5.74, 6) is -5.07. The maximum atomic E-state index is 15.1. The van der Waals surface area contributed by atoms with E-state index in [4.69, 9.17) is 9.47 Å². The first-order chi connectivity index (χ1) is 16.9. The van der Waals surface area contributed by atoms with Gasteiger partial charge in [0.25, 0.3) is 5.91 Å². The number of carbonyl (C=O) groups excluding carboxylic acids is 1. The van der Waals surface area contributed by atoms with E-state index in [1.54, 1.807) is 0 Å². The van der Waals surface area contributed by atoms with Crippen molar-refractivity contribution in [3.05, 3.63) is 69.2 Å². The van der Waals surface area contributed by atoms with Crippen LogP contribution in [0.5, 0.6) is 5.75 Å². The number of hydrogen-bond donors (Lipinski definition) is 1. The Labute approximate surface area is 199 Å². The van der Waals surface area contributed by atoms with Crippen molar-refractivity contribution in [3.63, 3.8) is 0 Å². The molecule has 1 aromatic heterocycles. The second kappa shape index (κ2) is 9.33. The number of alkyl halides is 3. The summed E-state index contributed by atoms with van der Waals surface area (Å²) in [4.78, 5) is 25.6. The quantitative estimate of drug-likeness (QED) is 0.521. The standard InChI is InChI=1S/C22H18F6N4O4/c1-10-5-12(23)6-15(25)19(10)29-20(33)13-7-14(24)16(8-17(13)36-11(2)22(26,27)28)32-21(34)31-3-4-35-9-18(31)30-32/h5-8,11H,3-4,9H2,1-2H3,(H,29,33)/t11-/m0/s1. The second-order valence-electron chi connectivity index (χ2n) is 7.95. The van der Waals surface area contributed by atoms with Crippen molar-refractivity contribution in [2.45, 2.75) is 39.3 Å². The summed E-state index contributed by atoms with van der Waals surface area (Å²) >= 11 is 0. The zero-order valence-corrected chi connectivity index (χ0v) is 18.8. The Hall–Kier alpha value is -3.81. The van der Waals surface area contributed by atoms with Crippen LogP contribution in [0, 0.1) is 24.4 Å². The minimum absolute atomic E-state index is 0.0265. The van der Waals surface area contributed by atoms with Crippen LogP contribution < -0.4 is 15.7 Å². The minimum atomic E-state index is -4.86. The smallest absolute Gasteiger partial charge is 0.425 e. The Morgan fingerprint density at radius 3 is 2.53 bits per heavy atom. The maximum absolute atomic E-state index is 15.1. The van der Waals surface area contributed by atoms with Gasteiger partial charge in [-0.15, -0.1) is 5.10 Å². The van der Waals surface area contributed by atoms with Crippen LogP contribution >= 0.6 is 0 Å². The van der Waals surface area contributed by atoms with Crippen molar-refractivity contribution >= 4 is 11.6 Å². The Morgan fingerprint density at radius 1 is 1.17 bits per heavy atom. The molecule has 1 N–H and O–H groups in total. The van der Waals surface area contributed by atoms with E-state index in [-0.39, 0.29) is 31.1 Å². The average Bonchev–Trinajstić information content (AvgIpc) is 3.12. The van der Waals surface area contributed by atoms with Crippen LogP contribution in [0.4, 0.5) is 32.0 Å². The van der Waals surface area contributed by atoms with Gasteiger partial charge in [-0.2, -0.15) is 17.9 Å². The number of anilines is 1. The van der Waals surface area contributed by atoms with Crippen molar-refractivity contribution < 1.29 is 40.6 Å². The van der Waals surface area contributed by atoms with E-state index in [9.17, 15) is 31.5 Å². The molecule has 192 valence electrons. The van der Waals surface area contributed by atoms with Gasteiger partial charge in [0.15, 0.2) is 11.9 Å². The molecule has 1 aliphatic heterocycles. The molecule has 0 unspecified atom stereocenters. The zero-order chi connectivity index (χ0) is 26.4. The number of nitrogens with zero attached hydrogens (tertiary/aromatic N) is 3. The molecule has 36 heavy (non-hydrogen) atoms. The number of carbonyl (C=O) groups is 1. The SMILES string of the molecule is Cc1cc(F)cc(F)c1NC(=O)c1cc(F)c(-n2nc3n(c2=O)CCOC3)cc1O[C@@H](C)C(F)(F)F. The fourth-order valence-corrected chi connectivity index (χ4v) is 3.52. The summed E-state index contributed by atoms with van der Waals surface area (Å²) in [6.07, 6.45) is -7.30. The average molecular weight is 516 g/mol. The van der Waals surface area contributed by atoms with Crippen molar-refractivity contribution in [2.75, 3.05) is 11.9 Å². The third kappa shape index (κ3) is 4.80. The largest absolute Gasteiger partial charge is 0.480 e. The first-order valence-corrected chi connectivity index (χ1v) is 10.5. The third-order valence-corrected chi connectivity index (χ3v) is 5.41. The van der Waals surface area contributed by atoms with Crippen LogP contribution in [0.25, 0.3) is 5.69 Å². The van der Waals surface area contributed by atoms with Gasteiger partial charge in [-0.25, -0.2) is 18.0 Å². The zero-order valence-electron chi connectivity index (χ0n) is 18.8. The Bertz CT molecular complexity index is 1380. The summed E-state index contributed by atoms with van der Waals surface area (Å²) in [6.45, 7) is 2.24. The second-order valence-corrected chi connectivity index (χ2v) is 7.95. The normalized spacial score (nSPS) is 14.3. The number of rotatable bonds is 5. The molecule has 0 fully saturated rings. The number of fused-ring (bicyclic) bond motifs is 1. The van der Waals surface area contributed by atoms with Gasteiger partial charge in [0.05, 0.1) is 24.4 Å². The van der Waals surface area contributed by atoms with Crippen LogP contribution in [0.3, 0.4) is 0 Å². The van der Waals surface area contributed by atoms with Crippen molar-refractivity contribution in [3.8, 4) is 11.4 Å². The summed E-state index contributed by atoms with van der Waals surface area (Å²) in [5, 5.41) is 6.06. The molecule has 14 heteroatoms. The van der Waals surface area contributed by atoms with Gasteiger partial charge in [-0.3, -0.25) is 9.36 Å². The van der Waals surface area contributed by atoms with Gasteiger partial charge in [0.1, 0.15) is 35.5 Å². The lowest BCUT2D eigenvalue weighted by Crippen LogP contribution is -2.32. The molecule has 0 bridgehead atoms. The third-order valence-electron chi connectivity index (χ3n) is 5.41. The fourth-order valence-electron chi connectivity index (χ4n) is 3.52. The van der Waals surface area contributed by atoms with E-state index in [0.717, 1.165) is 12.1 Å². The highest BCUT2D eigenvalue weighted by molar-refractivity contribution is 6.06. The first-order valence-electron chi connectivity index (χ1n) is 10.5. The number of hydrogen-bond acceptors (Lipinski definition) is 5. The van der Waals surface area contributed by atoms with E-state index < -0.39 is 64.0 Å². The molecule has 2 aromatic carbocycles. The molecule has 0 saturated carbocycles. The van der Waals surface area contributed by atoms with E-state index >= 15 is 4.39 Å². The summed E-state index contributed by atoms with van der Waals surface area (Å²) in [6, 6.07) is 2.68. The molecule has 0 aliphatic carbocycles. The summed E-state index contributed by atoms with van der Waals surface area (Å²) in [5.41, 5.74) is -2.56. The van der Waals surface area contributed by atoms with Crippen LogP contribution in [0.15, 0.2) is 29.1 Å². The number of aromatic nitrogens is 3. The molecule has 4 rings (SSSR count). The Morgan fingerprint density at radius 2 is 1.89 bits per heavy atom. The topological polar surface area (TPSA) is 87.4 Å². The summed E-state index contributed by atoms with van der Waals surface area (Å²) in [7, 11) is 0. The van der Waals surface area contributed by atoms with E-state index in [0.29, 0.717) is 23.7 Å². The van der Waals surface area contributed by atoms with E-state index in [1.165, 1.54) is 11.5 Å². The van der Waals surface area contributed by atoms with E-state index in [1.807, 2.05) is 0 Å². The Kier molecular flexibility index (Phi) is 6.56. The van der Waals surface area contributed by atoms with Crippen LogP contribution in [-0.2, 0) is 17.9 Å². The molecule has 3 aromatic rings. The molecule has 0 saturated heterocycles. The molecule has 0 spiro atoms. The number of aryl methyl sites for hydroxylation is 1. The van der Waals surface area contributed by atoms with Crippen LogP contribution in [0.2, 0.25) is 0 Å². The van der Waals surface area contributed by atoms with Crippen molar-refractivity contribution in [1.29, 1.82) is 0 Å². The monoisotopic (exact) mass is 516 g/mol. The predicted molar refractivity (Wildman–Crippen MR) is 113 cm³/mol. The van der Waals surface area contributed by atoms with Crippen LogP contribution in [0.1, 0.15) is 28.7 Å². The lowest BCUT2D eigenvalue weighted by molar-refractivity contribution is -0.189. The predicted octanol–water partition coefficient (Wildman–Crippen LogP) is 3.87. The van der Waals surface area contributed by atoms with Crippen molar-refractivity contribution in [1.82, 2.24) is 14.3 Å². The Balaban J connectivity index is 1.80. The number of nitrogens with one attached hydrogen (secondary N) is 1. The molecule has 0 radical (unpaired) electrons. The highest BCUT2D eigenvalue weighted by Crippen LogP contribution is 2.31.